The lowest BCUT2D eigenvalue weighted by molar-refractivity contribution is -0.136. The fourth-order valence-electron chi connectivity index (χ4n) is 0.940. The van der Waals surface area contributed by atoms with E-state index in [1.807, 2.05) is 30.3 Å². The van der Waals surface area contributed by atoms with Gasteiger partial charge >= 0.3 is 5.97 Å². The Morgan fingerprint density at radius 2 is 2.07 bits per heavy atom. The van der Waals surface area contributed by atoms with Crippen LogP contribution >= 0.6 is 0 Å². The Morgan fingerprint density at radius 1 is 1.43 bits per heavy atom. The van der Waals surface area contributed by atoms with Crippen LogP contribution in [0.1, 0.15) is 12.5 Å². The molecule has 0 spiro atoms. The zero-order valence-corrected chi connectivity index (χ0v) is 7.73. The molecule has 0 bridgehead atoms. The Bertz CT molecular complexity index is 387. The van der Waals surface area contributed by atoms with Gasteiger partial charge in [0.15, 0.2) is 0 Å². The number of nitriles is 1. The monoisotopic (exact) mass is 187 g/mol. The molecule has 1 rings (SSSR count). The lowest BCUT2D eigenvalue weighted by Gasteiger charge is -1.97. The molecule has 3 heteroatoms. The van der Waals surface area contributed by atoms with Gasteiger partial charge in [0.25, 0.3) is 0 Å². The van der Waals surface area contributed by atoms with E-state index in [0.29, 0.717) is 0 Å². The summed E-state index contributed by atoms with van der Waals surface area (Å²) in [5.74, 6) is -0.488. The number of carbonyl (C=O) groups is 1. The molecule has 1 aromatic carbocycles. The lowest BCUT2D eigenvalue weighted by atomic mass is 10.2. The van der Waals surface area contributed by atoms with Gasteiger partial charge in [-0.25, -0.2) is 0 Å². The summed E-state index contributed by atoms with van der Waals surface area (Å²) < 4.78 is 4.66. The fourth-order valence-corrected chi connectivity index (χ4v) is 0.940. The molecule has 0 N–H and O–H groups in total. The van der Waals surface area contributed by atoms with Gasteiger partial charge in [-0.15, -0.1) is 0 Å². The van der Waals surface area contributed by atoms with Crippen LogP contribution in [-0.4, -0.2) is 5.97 Å². The Kier molecular flexibility index (Phi) is 3.45. The summed E-state index contributed by atoms with van der Waals surface area (Å²) in [6.45, 7) is 1.26. The summed E-state index contributed by atoms with van der Waals surface area (Å²) in [6, 6.07) is 11.0. The number of benzene rings is 1. The average Bonchev–Trinajstić information content (AvgIpc) is 2.17. The smallest absolute Gasteiger partial charge is 0.308 e. The molecule has 0 unspecified atom stereocenters. The minimum Gasteiger partial charge on any atom is -0.415 e. The van der Waals surface area contributed by atoms with Crippen molar-refractivity contribution in [2.75, 3.05) is 0 Å². The molecule has 0 heterocycles. The largest absolute Gasteiger partial charge is 0.415 e. The van der Waals surface area contributed by atoms with Crippen molar-refractivity contribution < 1.29 is 9.53 Å². The highest BCUT2D eigenvalue weighted by Crippen LogP contribution is 2.06. The van der Waals surface area contributed by atoms with Gasteiger partial charge < -0.3 is 4.74 Å². The van der Waals surface area contributed by atoms with Crippen molar-refractivity contribution >= 4 is 12.0 Å². The molecule has 14 heavy (non-hydrogen) atoms. The molecular formula is C11H9NO2. The SMILES string of the molecule is CC(=O)O/C(C#N)=C\c1ccccc1. The topological polar surface area (TPSA) is 50.1 Å². The number of nitrogens with zero attached hydrogens (tertiary/aromatic N) is 1. The summed E-state index contributed by atoms with van der Waals surface area (Å²) >= 11 is 0. The number of hydrogen-bond acceptors (Lipinski definition) is 3. The first-order valence-corrected chi connectivity index (χ1v) is 4.07. The summed E-state index contributed by atoms with van der Waals surface area (Å²) in [7, 11) is 0. The van der Waals surface area contributed by atoms with E-state index in [1.165, 1.54) is 13.0 Å². The van der Waals surface area contributed by atoms with Gasteiger partial charge in [0.05, 0.1) is 0 Å². The van der Waals surface area contributed by atoms with Crippen LogP contribution in [-0.2, 0) is 9.53 Å². The summed E-state index contributed by atoms with van der Waals surface area (Å²) in [6.07, 6.45) is 1.52. The third-order valence-corrected chi connectivity index (χ3v) is 1.46. The van der Waals surface area contributed by atoms with Crippen LogP contribution in [0.15, 0.2) is 36.1 Å². The average molecular weight is 187 g/mol. The third kappa shape index (κ3) is 3.11. The van der Waals surface area contributed by atoms with E-state index in [9.17, 15) is 4.79 Å². The third-order valence-electron chi connectivity index (χ3n) is 1.46. The minimum absolute atomic E-state index is 0.00343. The Labute approximate surface area is 82.2 Å². The zero-order valence-electron chi connectivity index (χ0n) is 7.73. The minimum atomic E-state index is -0.492. The molecular weight excluding hydrogens is 178 g/mol. The highest BCUT2D eigenvalue weighted by atomic mass is 16.5. The van der Waals surface area contributed by atoms with Crippen molar-refractivity contribution in [3.8, 4) is 6.07 Å². The second-order valence-corrected chi connectivity index (χ2v) is 2.62. The normalized spacial score (nSPS) is 10.4. The molecule has 0 aliphatic rings. The first-order valence-electron chi connectivity index (χ1n) is 4.07. The van der Waals surface area contributed by atoms with E-state index < -0.39 is 5.97 Å². The fraction of sp³-hybridized carbons (Fsp3) is 0.0909. The number of carbonyl (C=O) groups excluding carboxylic acids is 1. The molecule has 0 fully saturated rings. The van der Waals surface area contributed by atoms with Gasteiger partial charge in [0.2, 0.25) is 5.76 Å². The summed E-state index contributed by atoms with van der Waals surface area (Å²) in [5.41, 5.74) is 0.824. The van der Waals surface area contributed by atoms with Crippen LogP contribution in [0.2, 0.25) is 0 Å². The van der Waals surface area contributed by atoms with Crippen LogP contribution in [0.3, 0.4) is 0 Å². The van der Waals surface area contributed by atoms with Crippen LogP contribution in [0.4, 0.5) is 0 Å². The number of allylic oxidation sites excluding steroid dienone is 1. The zero-order chi connectivity index (χ0) is 10.4. The van der Waals surface area contributed by atoms with E-state index in [-0.39, 0.29) is 5.76 Å². The standard InChI is InChI=1S/C11H9NO2/c1-9(13)14-11(8-12)7-10-5-3-2-4-6-10/h2-7H,1H3/b11-7-. The van der Waals surface area contributed by atoms with Crippen LogP contribution < -0.4 is 0 Å². The van der Waals surface area contributed by atoms with E-state index >= 15 is 0 Å². The van der Waals surface area contributed by atoms with Crippen molar-refractivity contribution in [2.45, 2.75) is 6.92 Å². The first-order chi connectivity index (χ1) is 6.72. The molecule has 0 saturated heterocycles. The highest BCUT2D eigenvalue weighted by Gasteiger charge is 1.99. The van der Waals surface area contributed by atoms with Gasteiger partial charge in [-0.2, -0.15) is 5.26 Å². The summed E-state index contributed by atoms with van der Waals surface area (Å²) in [5, 5.41) is 8.64. The number of esters is 1. The van der Waals surface area contributed by atoms with Gasteiger partial charge in [-0.05, 0) is 11.6 Å². The highest BCUT2D eigenvalue weighted by molar-refractivity contribution is 5.70. The van der Waals surface area contributed by atoms with Gasteiger partial charge in [0, 0.05) is 6.92 Å². The van der Waals surface area contributed by atoms with Gasteiger partial charge in [-0.1, -0.05) is 30.3 Å². The molecule has 70 valence electrons. The van der Waals surface area contributed by atoms with E-state index in [1.54, 1.807) is 6.07 Å². The maximum atomic E-state index is 10.6. The van der Waals surface area contributed by atoms with E-state index in [2.05, 4.69) is 4.74 Å². The Morgan fingerprint density at radius 3 is 2.57 bits per heavy atom. The molecule has 0 aromatic heterocycles. The first kappa shape index (κ1) is 10.0. The summed E-state index contributed by atoms with van der Waals surface area (Å²) in [4.78, 5) is 10.6. The molecule has 3 nitrogen and oxygen atoms in total. The lowest BCUT2D eigenvalue weighted by Crippen LogP contribution is -1.96. The van der Waals surface area contributed by atoms with Crippen LogP contribution in [0, 0.1) is 11.3 Å². The Hall–Kier alpha value is -2.08. The Balaban J connectivity index is 2.86. The van der Waals surface area contributed by atoms with E-state index in [4.69, 9.17) is 5.26 Å². The number of rotatable bonds is 2. The van der Waals surface area contributed by atoms with Crippen LogP contribution in [0.5, 0.6) is 0 Å². The quantitative estimate of drug-likeness (QED) is 0.404. The second kappa shape index (κ2) is 4.83. The van der Waals surface area contributed by atoms with Crippen molar-refractivity contribution in [2.24, 2.45) is 0 Å². The van der Waals surface area contributed by atoms with Crippen LogP contribution in [0.25, 0.3) is 6.08 Å². The molecule has 0 amide bonds. The van der Waals surface area contributed by atoms with E-state index in [0.717, 1.165) is 5.56 Å². The predicted molar refractivity (Wildman–Crippen MR) is 51.8 cm³/mol. The number of hydrogen-bond donors (Lipinski definition) is 0. The molecule has 0 atom stereocenters. The number of ether oxygens (including phenoxy) is 1. The van der Waals surface area contributed by atoms with Crippen molar-refractivity contribution in [1.29, 1.82) is 5.26 Å². The van der Waals surface area contributed by atoms with Crippen molar-refractivity contribution in [1.82, 2.24) is 0 Å². The maximum Gasteiger partial charge on any atom is 0.308 e. The van der Waals surface area contributed by atoms with Gasteiger partial charge in [0.1, 0.15) is 6.07 Å². The predicted octanol–water partition coefficient (Wildman–Crippen LogP) is 2.11. The molecule has 0 aliphatic carbocycles. The van der Waals surface area contributed by atoms with Crippen molar-refractivity contribution in [3.63, 3.8) is 0 Å². The van der Waals surface area contributed by atoms with Gasteiger partial charge in [-0.3, -0.25) is 4.79 Å². The molecule has 1 aromatic rings. The van der Waals surface area contributed by atoms with Crippen molar-refractivity contribution in [3.05, 3.63) is 41.7 Å². The molecule has 0 aliphatic heterocycles. The second-order valence-electron chi connectivity index (χ2n) is 2.62. The maximum absolute atomic E-state index is 10.6. The molecule has 0 saturated carbocycles. The molecule has 0 radical (unpaired) electrons.